The molecule has 0 unspecified atom stereocenters. The fraction of sp³-hybridized carbons (Fsp3) is 0.333. The first-order valence-electron chi connectivity index (χ1n) is 15.2. The van der Waals surface area contributed by atoms with Crippen molar-refractivity contribution in [2.75, 3.05) is 49.7 Å². The minimum atomic E-state index is -0.789. The van der Waals surface area contributed by atoms with E-state index in [-0.39, 0.29) is 77.7 Å². The molecule has 3 fully saturated rings. The first-order chi connectivity index (χ1) is 22.6. The van der Waals surface area contributed by atoms with Crippen LogP contribution in [0.25, 0.3) is 32.1 Å². The predicted octanol–water partition coefficient (Wildman–Crippen LogP) is 6.31. The number of fused-ring (bicyclic) bond motifs is 2. The lowest BCUT2D eigenvalue weighted by Crippen LogP contribution is -2.49. The molecule has 1 atom stereocenters. The van der Waals surface area contributed by atoms with Crippen molar-refractivity contribution in [3.05, 3.63) is 58.2 Å². The van der Waals surface area contributed by atoms with Gasteiger partial charge in [0.2, 0.25) is 0 Å². The zero-order valence-electron chi connectivity index (χ0n) is 25.5. The van der Waals surface area contributed by atoms with Crippen LogP contribution < -0.4 is 25.8 Å². The highest BCUT2D eigenvalue weighted by Crippen LogP contribution is 2.52. The van der Waals surface area contributed by atoms with E-state index in [0.29, 0.717) is 30.7 Å². The number of anilines is 3. The maximum atomic E-state index is 17.2. The number of likely N-dealkylation sites (N-methyl/N-ethyl adjacent to an activating group) is 1. The number of halogens is 3. The van der Waals surface area contributed by atoms with Crippen molar-refractivity contribution in [3.63, 3.8) is 0 Å². The largest absolute Gasteiger partial charge is 0.489 e. The van der Waals surface area contributed by atoms with Gasteiger partial charge in [-0.05, 0) is 50.4 Å². The van der Waals surface area contributed by atoms with Crippen LogP contribution in [0.3, 0.4) is 0 Å². The third-order valence-electron chi connectivity index (χ3n) is 9.93. The highest BCUT2D eigenvalue weighted by Gasteiger charge is 2.55. The quantitative estimate of drug-likeness (QED) is 0.211. The molecule has 14 heteroatoms. The molecular weight excluding hydrogens is 646 g/mol. The van der Waals surface area contributed by atoms with E-state index in [1.807, 2.05) is 24.0 Å². The first kappa shape index (κ1) is 29.9. The average Bonchev–Trinajstić information content (AvgIpc) is 3.61. The monoisotopic (exact) mass is 674 g/mol. The molecule has 10 nitrogen and oxygen atoms in total. The zero-order valence-corrected chi connectivity index (χ0v) is 27.1. The van der Waals surface area contributed by atoms with Crippen LogP contribution in [-0.2, 0) is 0 Å². The summed E-state index contributed by atoms with van der Waals surface area (Å²) in [6.07, 6.45) is 3.66. The second-order valence-electron chi connectivity index (χ2n) is 12.5. The van der Waals surface area contributed by atoms with E-state index in [1.54, 1.807) is 12.3 Å². The number of hydrogen-bond acceptors (Lipinski definition) is 11. The van der Waals surface area contributed by atoms with Gasteiger partial charge in [-0.3, -0.25) is 4.90 Å². The Balaban J connectivity index is 1.37. The number of nitrogens with zero attached hydrogens (tertiary/aromatic N) is 6. The molecule has 0 spiro atoms. The van der Waals surface area contributed by atoms with E-state index in [2.05, 4.69) is 21.9 Å². The SMILES string of the molecule is C[C@H](c1cccnc1N)N1CCOc2c(Cl)c(-c3ccc(F)c4sc(N)c(C#N)c34)c(F)c3nc(OCC45CC(CN4C)C5)nc1c23. The fourth-order valence-corrected chi connectivity index (χ4v) is 8.81. The maximum absolute atomic E-state index is 17.2. The zero-order chi connectivity index (χ0) is 32.8. The number of nitrogens with two attached hydrogens (primary N) is 2. The van der Waals surface area contributed by atoms with Gasteiger partial charge in [-0.15, -0.1) is 11.3 Å². The summed E-state index contributed by atoms with van der Waals surface area (Å²) in [6, 6.07) is 7.99. The van der Waals surface area contributed by atoms with E-state index in [0.717, 1.165) is 36.3 Å². The Morgan fingerprint density at radius 2 is 2.04 bits per heavy atom. The Bertz CT molecular complexity index is 2170. The van der Waals surface area contributed by atoms with Gasteiger partial charge in [0.05, 0.1) is 38.8 Å². The lowest BCUT2D eigenvalue weighted by atomic mass is 9.74. The summed E-state index contributed by atoms with van der Waals surface area (Å²) >= 11 is 7.95. The Hall–Kier alpha value is -4.51. The molecule has 1 aliphatic carbocycles. The molecule has 4 aliphatic rings. The molecule has 9 rings (SSSR count). The van der Waals surface area contributed by atoms with Crippen LogP contribution in [0.5, 0.6) is 11.8 Å². The standard InChI is InChI=1S/C33H29ClF2N8O2S/c1-15(17-4-3-7-40-29(17)38)44-8-9-45-27-23-26(41-32(42-31(23)44)46-14-33-10-16(11-33)13-43(33)2)25(36)22(24(27)34)18-5-6-20(35)28-21(18)19(12-37)30(39)47-28/h3-7,15-16H,8-11,13-14,39H2,1-2H3,(H2,38,40)/t15-,16?,33?/m1/s1. The average molecular weight is 675 g/mol. The second kappa shape index (κ2) is 10.8. The molecule has 0 radical (unpaired) electrons. The smallest absolute Gasteiger partial charge is 0.319 e. The van der Waals surface area contributed by atoms with Crippen molar-refractivity contribution in [2.24, 2.45) is 5.92 Å². The summed E-state index contributed by atoms with van der Waals surface area (Å²) in [5, 5.41) is 10.4. The summed E-state index contributed by atoms with van der Waals surface area (Å²) in [5.74, 6) is 0.171. The van der Waals surface area contributed by atoms with Gasteiger partial charge in [-0.25, -0.2) is 13.8 Å². The molecular formula is C33H29ClF2N8O2S. The van der Waals surface area contributed by atoms with Gasteiger partial charge in [0.15, 0.2) is 11.6 Å². The van der Waals surface area contributed by atoms with E-state index in [1.165, 1.54) is 12.1 Å². The summed E-state index contributed by atoms with van der Waals surface area (Å²) in [4.78, 5) is 18.0. The van der Waals surface area contributed by atoms with Crippen LogP contribution in [-0.4, -0.2) is 58.7 Å². The molecule has 1 saturated carbocycles. The minimum Gasteiger partial charge on any atom is -0.489 e. The van der Waals surface area contributed by atoms with E-state index in [4.69, 9.17) is 37.5 Å². The number of rotatable bonds is 6. The lowest BCUT2D eigenvalue weighted by molar-refractivity contribution is 0.0594. The molecule has 47 heavy (non-hydrogen) atoms. The van der Waals surface area contributed by atoms with Crippen molar-refractivity contribution in [1.82, 2.24) is 19.9 Å². The maximum Gasteiger partial charge on any atom is 0.319 e. The number of pyridine rings is 1. The summed E-state index contributed by atoms with van der Waals surface area (Å²) in [5.41, 5.74) is 13.1. The van der Waals surface area contributed by atoms with Gasteiger partial charge in [-0.2, -0.15) is 15.2 Å². The van der Waals surface area contributed by atoms with Crippen LogP contribution >= 0.6 is 22.9 Å². The number of benzene rings is 2. The van der Waals surface area contributed by atoms with Crippen LogP contribution in [0.1, 0.15) is 36.9 Å². The number of thiophene rings is 1. The molecule has 5 aromatic rings. The Labute approximate surface area is 277 Å². The number of nitrogen functional groups attached to an aromatic ring is 2. The van der Waals surface area contributed by atoms with Crippen molar-refractivity contribution in [3.8, 4) is 29.0 Å². The van der Waals surface area contributed by atoms with Crippen molar-refractivity contribution < 1.29 is 18.3 Å². The highest BCUT2D eigenvalue weighted by molar-refractivity contribution is 7.23. The lowest BCUT2D eigenvalue weighted by Gasteiger charge is -2.40. The molecule has 2 bridgehead atoms. The second-order valence-corrected chi connectivity index (χ2v) is 13.9. The molecule has 2 aromatic carbocycles. The Morgan fingerprint density at radius 3 is 2.77 bits per heavy atom. The Kier molecular flexibility index (Phi) is 6.84. The molecule has 2 saturated heterocycles. The van der Waals surface area contributed by atoms with Gasteiger partial charge in [0.25, 0.3) is 0 Å². The van der Waals surface area contributed by atoms with Crippen molar-refractivity contribution >= 4 is 60.6 Å². The summed E-state index contributed by atoms with van der Waals surface area (Å²) in [6.45, 7) is 3.82. The van der Waals surface area contributed by atoms with E-state index in [9.17, 15) is 9.65 Å². The van der Waals surface area contributed by atoms with Crippen LogP contribution in [0, 0.1) is 28.9 Å². The van der Waals surface area contributed by atoms with Gasteiger partial charge in [0, 0.05) is 29.3 Å². The Morgan fingerprint density at radius 1 is 1.23 bits per heavy atom. The third kappa shape index (κ3) is 4.38. The number of hydrogen-bond donors (Lipinski definition) is 2. The van der Waals surface area contributed by atoms with E-state index < -0.39 is 11.6 Å². The summed E-state index contributed by atoms with van der Waals surface area (Å²) < 4.78 is 44.8. The number of ether oxygens (including phenoxy) is 2. The molecule has 4 N–H and O–H groups in total. The molecule has 240 valence electrons. The molecule has 3 aliphatic heterocycles. The third-order valence-corrected chi connectivity index (χ3v) is 11.3. The van der Waals surface area contributed by atoms with Gasteiger partial charge >= 0.3 is 6.01 Å². The van der Waals surface area contributed by atoms with Crippen molar-refractivity contribution in [1.29, 1.82) is 5.26 Å². The van der Waals surface area contributed by atoms with Gasteiger partial charge < -0.3 is 25.8 Å². The number of aromatic nitrogens is 3. The predicted molar refractivity (Wildman–Crippen MR) is 178 cm³/mol. The highest BCUT2D eigenvalue weighted by atomic mass is 35.5. The van der Waals surface area contributed by atoms with Crippen LogP contribution in [0.4, 0.5) is 25.4 Å². The number of nitriles is 1. The molecule has 0 amide bonds. The minimum absolute atomic E-state index is 0.00347. The fourth-order valence-electron chi connectivity index (χ4n) is 7.53. The normalized spacial score (nSPS) is 20.9. The van der Waals surface area contributed by atoms with Crippen molar-refractivity contribution in [2.45, 2.75) is 31.3 Å². The first-order valence-corrected chi connectivity index (χ1v) is 16.4. The van der Waals surface area contributed by atoms with Crippen LogP contribution in [0.2, 0.25) is 5.02 Å². The van der Waals surface area contributed by atoms with Crippen LogP contribution in [0.15, 0.2) is 30.5 Å². The summed E-state index contributed by atoms with van der Waals surface area (Å²) in [7, 11) is 2.08. The molecule has 6 heterocycles. The van der Waals surface area contributed by atoms with Gasteiger partial charge in [-0.1, -0.05) is 23.7 Å². The van der Waals surface area contributed by atoms with E-state index >= 15 is 4.39 Å². The molecule has 3 aromatic heterocycles. The van der Waals surface area contributed by atoms with Gasteiger partial charge in [0.1, 0.15) is 47.3 Å². The topological polar surface area (TPSA) is 139 Å².